The quantitative estimate of drug-likeness (QED) is 0.718. The Balaban J connectivity index is 1.65. The maximum absolute atomic E-state index is 10.7. The maximum atomic E-state index is 10.7. The molecular weight excluding hydrogens is 298 g/mol. The first-order valence-corrected chi connectivity index (χ1v) is 7.54. The molecule has 3 aromatic rings. The zero-order valence-electron chi connectivity index (χ0n) is 10.1. The molecule has 0 spiro atoms. The van der Waals surface area contributed by atoms with Crippen molar-refractivity contribution in [2.75, 3.05) is 0 Å². The molecule has 20 heavy (non-hydrogen) atoms. The van der Waals surface area contributed by atoms with Crippen LogP contribution in [0.2, 0.25) is 0 Å². The van der Waals surface area contributed by atoms with Crippen molar-refractivity contribution in [2.45, 2.75) is 10.8 Å². The first-order valence-electron chi connectivity index (χ1n) is 5.68. The normalized spacial score (nSPS) is 10.8. The fourth-order valence-electron chi connectivity index (χ4n) is 1.57. The van der Waals surface area contributed by atoms with Crippen molar-refractivity contribution < 1.29 is 18.8 Å². The molecule has 0 saturated carbocycles. The van der Waals surface area contributed by atoms with Crippen LogP contribution in [0.3, 0.4) is 0 Å². The smallest absolute Gasteiger partial charge is 0.371 e. The lowest BCUT2D eigenvalue weighted by Gasteiger charge is -1.92. The summed E-state index contributed by atoms with van der Waals surface area (Å²) in [6, 6.07) is 8.86. The van der Waals surface area contributed by atoms with Crippen molar-refractivity contribution in [2.24, 2.45) is 0 Å². The van der Waals surface area contributed by atoms with E-state index in [1.54, 1.807) is 17.4 Å². The van der Waals surface area contributed by atoms with E-state index in [0.29, 0.717) is 10.8 Å². The Labute approximate surface area is 122 Å². The largest absolute Gasteiger partial charge is 0.475 e. The number of thiophene rings is 1. The minimum absolute atomic E-state index is 0.0630. The summed E-state index contributed by atoms with van der Waals surface area (Å²) in [5.41, 5.74) is 0.784. The second kappa shape index (κ2) is 5.56. The summed E-state index contributed by atoms with van der Waals surface area (Å²) in [5.74, 6) is 0.160. The van der Waals surface area contributed by atoms with E-state index in [1.165, 1.54) is 17.8 Å². The number of thioether (sulfide) groups is 1. The van der Waals surface area contributed by atoms with E-state index in [-0.39, 0.29) is 5.76 Å². The molecule has 7 heteroatoms. The van der Waals surface area contributed by atoms with Crippen LogP contribution in [0.15, 0.2) is 49.7 Å². The van der Waals surface area contributed by atoms with Crippen LogP contribution in [0, 0.1) is 0 Å². The van der Waals surface area contributed by atoms with Crippen LogP contribution in [0.1, 0.15) is 16.2 Å². The second-order valence-corrected chi connectivity index (χ2v) is 5.80. The van der Waals surface area contributed by atoms with Gasteiger partial charge in [-0.2, -0.15) is 0 Å². The average molecular weight is 307 g/mol. The first kappa shape index (κ1) is 13.0. The molecule has 0 saturated heterocycles. The van der Waals surface area contributed by atoms with E-state index in [2.05, 4.69) is 5.16 Å². The van der Waals surface area contributed by atoms with Gasteiger partial charge in [0.25, 0.3) is 0 Å². The minimum atomic E-state index is -1.07. The minimum Gasteiger partial charge on any atom is -0.475 e. The predicted molar refractivity (Wildman–Crippen MR) is 75.0 cm³/mol. The average Bonchev–Trinajstić information content (AvgIpc) is 3.17. The molecule has 3 rings (SSSR count). The molecular formula is C13H9NO4S2. The third-order valence-electron chi connectivity index (χ3n) is 2.48. The summed E-state index contributed by atoms with van der Waals surface area (Å²) in [4.78, 5) is 11.7. The molecule has 0 aliphatic heterocycles. The Morgan fingerprint density at radius 3 is 3.00 bits per heavy atom. The van der Waals surface area contributed by atoms with Gasteiger partial charge in [-0.05, 0) is 23.6 Å². The molecule has 0 unspecified atom stereocenters. The Bertz CT molecular complexity index is 714. The summed E-state index contributed by atoms with van der Waals surface area (Å²) >= 11 is 2.96. The molecule has 0 aliphatic rings. The number of hydrogen-bond donors (Lipinski definition) is 1. The van der Waals surface area contributed by atoms with Gasteiger partial charge in [0, 0.05) is 11.8 Å². The third kappa shape index (κ3) is 2.78. The molecule has 1 N–H and O–H groups in total. The lowest BCUT2D eigenvalue weighted by atomic mass is 10.3. The van der Waals surface area contributed by atoms with Gasteiger partial charge < -0.3 is 14.0 Å². The lowest BCUT2D eigenvalue weighted by Crippen LogP contribution is -1.91. The third-order valence-corrected chi connectivity index (χ3v) is 4.31. The molecule has 0 aromatic carbocycles. The number of nitrogens with zero attached hydrogens (tertiary/aromatic N) is 1. The number of carboxylic acids is 1. The number of rotatable bonds is 5. The van der Waals surface area contributed by atoms with Gasteiger partial charge in [-0.25, -0.2) is 4.79 Å². The topological polar surface area (TPSA) is 76.5 Å². The fraction of sp³-hybridized carbons (Fsp3) is 0.0769. The zero-order chi connectivity index (χ0) is 13.9. The molecule has 102 valence electrons. The number of carboxylic acid groups (broad SMARTS) is 1. The van der Waals surface area contributed by atoms with Gasteiger partial charge in [-0.1, -0.05) is 23.0 Å². The van der Waals surface area contributed by atoms with E-state index in [1.807, 2.05) is 23.6 Å². The van der Waals surface area contributed by atoms with Crippen LogP contribution in [0.25, 0.3) is 10.6 Å². The van der Waals surface area contributed by atoms with E-state index >= 15 is 0 Å². The first-order chi connectivity index (χ1) is 9.72. The van der Waals surface area contributed by atoms with Crippen molar-refractivity contribution in [1.29, 1.82) is 0 Å². The van der Waals surface area contributed by atoms with E-state index in [4.69, 9.17) is 14.0 Å². The Morgan fingerprint density at radius 1 is 1.40 bits per heavy atom. The van der Waals surface area contributed by atoms with Gasteiger partial charge >= 0.3 is 5.97 Å². The summed E-state index contributed by atoms with van der Waals surface area (Å²) in [6.45, 7) is 0. The molecule has 0 fully saturated rings. The van der Waals surface area contributed by atoms with Gasteiger partial charge in [0.2, 0.25) is 5.76 Å². The van der Waals surface area contributed by atoms with E-state index < -0.39 is 5.97 Å². The molecule has 0 radical (unpaired) electrons. The summed E-state index contributed by atoms with van der Waals surface area (Å²) < 4.78 is 10.4. The highest BCUT2D eigenvalue weighted by Crippen LogP contribution is 2.29. The van der Waals surface area contributed by atoms with Crippen molar-refractivity contribution in [3.8, 4) is 10.6 Å². The highest BCUT2D eigenvalue weighted by molar-refractivity contribution is 7.98. The van der Waals surface area contributed by atoms with Crippen LogP contribution >= 0.6 is 23.1 Å². The molecule has 0 bridgehead atoms. The second-order valence-electron chi connectivity index (χ2n) is 3.87. The van der Waals surface area contributed by atoms with Crippen molar-refractivity contribution in [1.82, 2.24) is 5.16 Å². The van der Waals surface area contributed by atoms with E-state index in [9.17, 15) is 4.79 Å². The fourth-order valence-corrected chi connectivity index (χ4v) is 2.98. The van der Waals surface area contributed by atoms with Gasteiger partial charge in [0.05, 0.1) is 10.6 Å². The summed E-state index contributed by atoms with van der Waals surface area (Å²) in [5, 5.41) is 15.3. The number of furan rings is 1. The molecule has 0 amide bonds. The number of aromatic carboxylic acids is 1. The van der Waals surface area contributed by atoms with Crippen LogP contribution in [0.4, 0.5) is 0 Å². The summed E-state index contributed by atoms with van der Waals surface area (Å²) in [6.07, 6.45) is 0. The monoisotopic (exact) mass is 307 g/mol. The van der Waals surface area contributed by atoms with Crippen LogP contribution in [0.5, 0.6) is 0 Å². The van der Waals surface area contributed by atoms with Crippen LogP contribution in [-0.4, -0.2) is 16.2 Å². The maximum Gasteiger partial charge on any atom is 0.371 e. The van der Waals surface area contributed by atoms with Gasteiger partial charge in [0.1, 0.15) is 0 Å². The lowest BCUT2D eigenvalue weighted by molar-refractivity contribution is 0.0656. The highest BCUT2D eigenvalue weighted by Gasteiger charge is 2.11. The zero-order valence-corrected chi connectivity index (χ0v) is 11.7. The molecule has 0 atom stereocenters. The summed E-state index contributed by atoms with van der Waals surface area (Å²) in [7, 11) is 0. The highest BCUT2D eigenvalue weighted by atomic mass is 32.2. The van der Waals surface area contributed by atoms with Gasteiger partial charge in [0.15, 0.2) is 10.9 Å². The van der Waals surface area contributed by atoms with Crippen LogP contribution in [-0.2, 0) is 5.75 Å². The van der Waals surface area contributed by atoms with Gasteiger partial charge in [-0.15, -0.1) is 11.3 Å². The molecule has 5 nitrogen and oxygen atoms in total. The van der Waals surface area contributed by atoms with E-state index in [0.717, 1.165) is 16.3 Å². The number of carbonyl (C=O) groups is 1. The van der Waals surface area contributed by atoms with Crippen LogP contribution < -0.4 is 0 Å². The predicted octanol–water partition coefficient (Wildman–Crippen LogP) is 3.99. The van der Waals surface area contributed by atoms with Gasteiger partial charge in [-0.3, -0.25) is 0 Å². The SMILES string of the molecule is O=C(O)c1ccc(SCc2cc(-c3cccs3)on2)o1. The van der Waals surface area contributed by atoms with Crippen molar-refractivity contribution in [3.63, 3.8) is 0 Å². The standard InChI is InChI=1S/C13H9NO4S2/c15-13(16)9-3-4-12(17-9)20-7-8-6-10(18-14-8)11-2-1-5-19-11/h1-6H,7H2,(H,15,16). The Morgan fingerprint density at radius 2 is 2.30 bits per heavy atom. The molecule has 0 aliphatic carbocycles. The Hall–Kier alpha value is -1.99. The number of hydrogen-bond acceptors (Lipinski definition) is 6. The van der Waals surface area contributed by atoms with Crippen molar-refractivity contribution >= 4 is 29.1 Å². The molecule has 3 aromatic heterocycles. The Kier molecular flexibility index (Phi) is 3.62. The molecule has 3 heterocycles. The number of aromatic nitrogens is 1. The van der Waals surface area contributed by atoms with Crippen molar-refractivity contribution in [3.05, 3.63) is 47.2 Å².